The number of amides is 1. The van der Waals surface area contributed by atoms with Gasteiger partial charge in [0.15, 0.2) is 5.69 Å². The van der Waals surface area contributed by atoms with Gasteiger partial charge in [0.1, 0.15) is 0 Å². The molecule has 6 nitrogen and oxygen atoms in total. The lowest BCUT2D eigenvalue weighted by Gasteiger charge is -2.10. The number of hydrogen-bond acceptors (Lipinski definition) is 3. The molecule has 0 fully saturated rings. The van der Waals surface area contributed by atoms with Gasteiger partial charge in [-0.05, 0) is 48.8 Å². The predicted octanol–water partition coefficient (Wildman–Crippen LogP) is 6.17. The predicted molar refractivity (Wildman–Crippen MR) is 120 cm³/mol. The second kappa shape index (κ2) is 9.44. The van der Waals surface area contributed by atoms with Gasteiger partial charge >= 0.3 is 6.18 Å². The Morgan fingerprint density at radius 1 is 1.09 bits per heavy atom. The molecule has 12 heteroatoms. The van der Waals surface area contributed by atoms with Crippen LogP contribution in [0.3, 0.4) is 0 Å². The average molecular weight is 553 g/mol. The molecule has 0 aliphatic carbocycles. The van der Waals surface area contributed by atoms with Gasteiger partial charge in [-0.1, -0.05) is 29.3 Å². The van der Waals surface area contributed by atoms with Crippen molar-refractivity contribution in [1.29, 1.82) is 0 Å². The van der Waals surface area contributed by atoms with E-state index in [1.807, 2.05) is 0 Å². The summed E-state index contributed by atoms with van der Waals surface area (Å²) in [5.74, 6) is -0.369. The number of aryl methyl sites for hydroxylation is 2. The van der Waals surface area contributed by atoms with E-state index in [1.165, 1.54) is 6.92 Å². The summed E-state index contributed by atoms with van der Waals surface area (Å²) in [6, 6.07) is 5.21. The minimum absolute atomic E-state index is 0.00614. The van der Waals surface area contributed by atoms with Gasteiger partial charge in [-0.25, -0.2) is 0 Å². The van der Waals surface area contributed by atoms with Gasteiger partial charge in [-0.2, -0.15) is 23.4 Å². The highest BCUT2D eigenvalue weighted by atomic mass is 79.9. The van der Waals surface area contributed by atoms with E-state index >= 15 is 0 Å². The molecular formula is C20H19BrCl2F3N5O. The topological polar surface area (TPSA) is 64.7 Å². The van der Waals surface area contributed by atoms with Gasteiger partial charge in [0.05, 0.1) is 40.3 Å². The molecule has 1 aromatic carbocycles. The standard InChI is InChI=1S/C20H19BrCl2F3N5O/c1-10-18(12(3)31(28-10)9-13-14(22)5-4-6-15(13)23)27-16(32)7-8-30-11(2)17(21)19(29-30)20(24,25)26/h4-6H,7-9H2,1-3H3,(H,27,32). The normalized spacial score (nSPS) is 11.8. The third-order valence-electron chi connectivity index (χ3n) is 4.97. The number of alkyl halides is 3. The Morgan fingerprint density at radius 3 is 2.28 bits per heavy atom. The number of benzene rings is 1. The minimum Gasteiger partial charge on any atom is -0.323 e. The number of rotatable bonds is 6. The lowest BCUT2D eigenvalue weighted by Crippen LogP contribution is -2.17. The summed E-state index contributed by atoms with van der Waals surface area (Å²) >= 11 is 15.4. The number of anilines is 1. The van der Waals surface area contributed by atoms with E-state index in [4.69, 9.17) is 23.2 Å². The van der Waals surface area contributed by atoms with Gasteiger partial charge in [0, 0.05) is 22.0 Å². The van der Waals surface area contributed by atoms with E-state index in [1.54, 1.807) is 36.7 Å². The van der Waals surface area contributed by atoms with E-state index in [2.05, 4.69) is 31.4 Å². The van der Waals surface area contributed by atoms with Crippen molar-refractivity contribution in [2.24, 2.45) is 0 Å². The lowest BCUT2D eigenvalue weighted by molar-refractivity contribution is -0.142. The Kier molecular flexibility index (Phi) is 7.26. The number of carbonyl (C=O) groups is 1. The van der Waals surface area contributed by atoms with Crippen LogP contribution in [-0.2, 0) is 24.1 Å². The van der Waals surface area contributed by atoms with Crippen molar-refractivity contribution in [1.82, 2.24) is 19.6 Å². The molecule has 0 aliphatic rings. The number of nitrogens with one attached hydrogen (secondary N) is 1. The molecule has 3 rings (SSSR count). The SMILES string of the molecule is Cc1nn(Cc2c(Cl)cccc2Cl)c(C)c1NC(=O)CCn1nc(C(F)(F)F)c(Br)c1C. The molecule has 3 aromatic rings. The Morgan fingerprint density at radius 2 is 1.72 bits per heavy atom. The molecule has 0 radical (unpaired) electrons. The van der Waals surface area contributed by atoms with Crippen molar-refractivity contribution in [2.45, 2.75) is 46.5 Å². The van der Waals surface area contributed by atoms with Crippen molar-refractivity contribution in [3.05, 3.63) is 61.1 Å². The van der Waals surface area contributed by atoms with Crippen LogP contribution in [0.5, 0.6) is 0 Å². The first-order valence-electron chi connectivity index (χ1n) is 9.47. The van der Waals surface area contributed by atoms with Crippen molar-refractivity contribution in [3.63, 3.8) is 0 Å². The molecule has 0 unspecified atom stereocenters. The monoisotopic (exact) mass is 551 g/mol. The van der Waals surface area contributed by atoms with Gasteiger partial charge in [-0.15, -0.1) is 0 Å². The zero-order valence-corrected chi connectivity index (χ0v) is 20.4. The second-order valence-corrected chi connectivity index (χ2v) is 8.78. The molecule has 0 aliphatic heterocycles. The van der Waals surface area contributed by atoms with E-state index in [0.717, 1.165) is 4.68 Å². The maximum Gasteiger partial charge on any atom is 0.436 e. The zero-order chi connectivity index (χ0) is 23.8. The molecule has 2 heterocycles. The van der Waals surface area contributed by atoms with Crippen LogP contribution in [0, 0.1) is 20.8 Å². The van der Waals surface area contributed by atoms with Gasteiger partial charge < -0.3 is 5.32 Å². The molecule has 172 valence electrons. The number of halogens is 6. The Hall–Kier alpha value is -2.04. The molecule has 2 aromatic heterocycles. The second-order valence-electron chi connectivity index (χ2n) is 7.17. The van der Waals surface area contributed by atoms with Crippen LogP contribution in [-0.4, -0.2) is 25.5 Å². The largest absolute Gasteiger partial charge is 0.436 e. The van der Waals surface area contributed by atoms with E-state index in [9.17, 15) is 18.0 Å². The molecule has 1 N–H and O–H groups in total. The van der Waals surface area contributed by atoms with Gasteiger partial charge in [0.25, 0.3) is 0 Å². The Labute approximate surface area is 200 Å². The van der Waals surface area contributed by atoms with Crippen LogP contribution >= 0.6 is 39.1 Å². The highest BCUT2D eigenvalue weighted by Gasteiger charge is 2.37. The maximum absolute atomic E-state index is 13.0. The molecular weight excluding hydrogens is 534 g/mol. The summed E-state index contributed by atoms with van der Waals surface area (Å²) in [6.07, 6.45) is -4.64. The van der Waals surface area contributed by atoms with E-state index < -0.39 is 11.9 Å². The molecule has 0 saturated carbocycles. The van der Waals surface area contributed by atoms with E-state index in [-0.39, 0.29) is 23.3 Å². The molecule has 1 amide bonds. The number of nitrogens with zero attached hydrogens (tertiary/aromatic N) is 4. The lowest BCUT2D eigenvalue weighted by atomic mass is 10.2. The van der Waals surface area contributed by atoms with Crippen LogP contribution in [0.4, 0.5) is 18.9 Å². The van der Waals surface area contributed by atoms with Crippen LogP contribution in [0.1, 0.15) is 34.8 Å². The minimum atomic E-state index is -4.58. The number of aromatic nitrogens is 4. The van der Waals surface area contributed by atoms with Gasteiger partial charge in [0.2, 0.25) is 5.91 Å². The average Bonchev–Trinajstić information content (AvgIpc) is 3.13. The van der Waals surface area contributed by atoms with Crippen molar-refractivity contribution in [2.75, 3.05) is 5.32 Å². The first-order valence-corrected chi connectivity index (χ1v) is 11.0. The fourth-order valence-corrected chi connectivity index (χ4v) is 4.22. The first kappa shape index (κ1) is 24.6. The number of carbonyl (C=O) groups excluding carboxylic acids is 1. The molecule has 32 heavy (non-hydrogen) atoms. The molecule has 0 spiro atoms. The third-order valence-corrected chi connectivity index (χ3v) is 6.63. The molecule has 0 atom stereocenters. The van der Waals surface area contributed by atoms with Crippen molar-refractivity contribution in [3.8, 4) is 0 Å². The summed E-state index contributed by atoms with van der Waals surface area (Å²) in [6.45, 7) is 5.36. The van der Waals surface area contributed by atoms with Crippen LogP contribution in [0.25, 0.3) is 0 Å². The fraction of sp³-hybridized carbons (Fsp3) is 0.350. The van der Waals surface area contributed by atoms with Crippen molar-refractivity contribution < 1.29 is 18.0 Å². The maximum atomic E-state index is 13.0. The highest BCUT2D eigenvalue weighted by molar-refractivity contribution is 9.10. The smallest absolute Gasteiger partial charge is 0.323 e. The van der Waals surface area contributed by atoms with Crippen molar-refractivity contribution >= 4 is 50.7 Å². The first-order chi connectivity index (χ1) is 14.9. The zero-order valence-electron chi connectivity index (χ0n) is 17.3. The van der Waals surface area contributed by atoms with Crippen LogP contribution in [0.15, 0.2) is 22.7 Å². The summed E-state index contributed by atoms with van der Waals surface area (Å²) in [5, 5.41) is 11.8. The van der Waals surface area contributed by atoms with Crippen LogP contribution < -0.4 is 5.32 Å². The summed E-state index contributed by atoms with van der Waals surface area (Å²) < 4.78 is 41.8. The highest BCUT2D eigenvalue weighted by Crippen LogP contribution is 2.35. The van der Waals surface area contributed by atoms with Gasteiger partial charge in [-0.3, -0.25) is 14.2 Å². The third kappa shape index (κ3) is 5.13. The number of hydrogen-bond donors (Lipinski definition) is 1. The fourth-order valence-electron chi connectivity index (χ4n) is 3.20. The Bertz CT molecular complexity index is 1150. The summed E-state index contributed by atoms with van der Waals surface area (Å²) in [5.41, 5.74) is 1.82. The van der Waals surface area contributed by atoms with E-state index in [0.29, 0.717) is 44.9 Å². The quantitative estimate of drug-likeness (QED) is 0.397. The molecule has 0 saturated heterocycles. The Balaban J connectivity index is 1.71. The molecule has 0 bridgehead atoms. The summed E-state index contributed by atoms with van der Waals surface area (Å²) in [7, 11) is 0. The van der Waals surface area contributed by atoms with Crippen LogP contribution in [0.2, 0.25) is 10.0 Å². The summed E-state index contributed by atoms with van der Waals surface area (Å²) in [4.78, 5) is 12.5.